The number of nitrogens with one attached hydrogen (secondary N) is 2. The number of aliphatic hydroxyl groups excluding tert-OH is 1. The Labute approximate surface area is 110 Å². The summed E-state index contributed by atoms with van der Waals surface area (Å²) in [6, 6.07) is 11.4. The molecule has 3 rings (SSSR count). The lowest BCUT2D eigenvalue weighted by Crippen LogP contribution is -2.12. The smallest absolute Gasteiger partial charge is 0.201 e. The molecule has 0 spiro atoms. The summed E-state index contributed by atoms with van der Waals surface area (Å²) in [6.07, 6.45) is 2.75. The molecule has 0 amide bonds. The fourth-order valence-electron chi connectivity index (χ4n) is 1.93. The molecule has 5 nitrogen and oxygen atoms in total. The predicted octanol–water partition coefficient (Wildman–Crippen LogP) is 2.10. The molecule has 1 unspecified atom stereocenters. The van der Waals surface area contributed by atoms with Gasteiger partial charge < -0.3 is 15.4 Å². The molecule has 0 saturated carbocycles. The van der Waals surface area contributed by atoms with Crippen LogP contribution in [0.15, 0.2) is 48.8 Å². The van der Waals surface area contributed by atoms with E-state index in [9.17, 15) is 5.11 Å². The maximum Gasteiger partial charge on any atom is 0.201 e. The van der Waals surface area contributed by atoms with Gasteiger partial charge in [-0.1, -0.05) is 12.1 Å². The van der Waals surface area contributed by atoms with Crippen molar-refractivity contribution in [3.05, 3.63) is 54.4 Å². The molecule has 0 fully saturated rings. The van der Waals surface area contributed by atoms with Crippen LogP contribution >= 0.6 is 0 Å². The molecule has 19 heavy (non-hydrogen) atoms. The van der Waals surface area contributed by atoms with Gasteiger partial charge >= 0.3 is 0 Å². The zero-order valence-corrected chi connectivity index (χ0v) is 10.2. The van der Waals surface area contributed by atoms with E-state index in [0.29, 0.717) is 12.5 Å². The van der Waals surface area contributed by atoms with Crippen LogP contribution in [0.3, 0.4) is 0 Å². The van der Waals surface area contributed by atoms with Crippen molar-refractivity contribution in [3.63, 3.8) is 0 Å². The molecule has 0 radical (unpaired) electrons. The van der Waals surface area contributed by atoms with Crippen molar-refractivity contribution in [1.29, 1.82) is 0 Å². The van der Waals surface area contributed by atoms with E-state index < -0.39 is 6.10 Å². The Morgan fingerprint density at radius 3 is 2.74 bits per heavy atom. The Hall–Kier alpha value is -2.40. The van der Waals surface area contributed by atoms with Gasteiger partial charge in [0, 0.05) is 18.9 Å². The largest absolute Gasteiger partial charge is 0.387 e. The first kappa shape index (κ1) is 11.7. The number of hydrogen-bond donors (Lipinski definition) is 3. The van der Waals surface area contributed by atoms with Gasteiger partial charge in [0.2, 0.25) is 5.95 Å². The molecule has 1 atom stereocenters. The number of nitrogens with zero attached hydrogens (tertiary/aromatic N) is 2. The number of imidazole rings is 1. The van der Waals surface area contributed by atoms with E-state index in [-0.39, 0.29) is 0 Å². The molecule has 1 aromatic carbocycles. The van der Waals surface area contributed by atoms with Gasteiger partial charge in [0.25, 0.3) is 0 Å². The van der Waals surface area contributed by atoms with Crippen molar-refractivity contribution in [2.75, 3.05) is 11.9 Å². The van der Waals surface area contributed by atoms with Gasteiger partial charge in [-0.2, -0.15) is 0 Å². The molecule has 2 aromatic heterocycles. The number of rotatable bonds is 4. The highest BCUT2D eigenvalue weighted by Gasteiger charge is 2.08. The number of aromatic nitrogens is 3. The SMILES string of the molecule is OC(CNc1nc2ccccc2[nH]1)c1ccncc1. The molecule has 0 aliphatic heterocycles. The first-order valence-electron chi connectivity index (χ1n) is 6.09. The normalized spacial score (nSPS) is 12.5. The molecule has 96 valence electrons. The standard InChI is InChI=1S/C14H14N4O/c19-13(10-5-7-15-8-6-10)9-16-14-17-11-3-1-2-4-12(11)18-14/h1-8,13,19H,9H2,(H2,16,17,18). The number of fused-ring (bicyclic) bond motifs is 1. The van der Waals surface area contributed by atoms with E-state index in [1.807, 2.05) is 24.3 Å². The summed E-state index contributed by atoms with van der Waals surface area (Å²) < 4.78 is 0. The maximum atomic E-state index is 10.0. The van der Waals surface area contributed by atoms with Crippen molar-refractivity contribution in [2.24, 2.45) is 0 Å². The van der Waals surface area contributed by atoms with Crippen LogP contribution in [0.4, 0.5) is 5.95 Å². The Morgan fingerprint density at radius 2 is 1.95 bits per heavy atom. The summed E-state index contributed by atoms with van der Waals surface area (Å²) in [6.45, 7) is 0.393. The van der Waals surface area contributed by atoms with Crippen molar-refractivity contribution >= 4 is 17.0 Å². The lowest BCUT2D eigenvalue weighted by atomic mass is 10.1. The first-order valence-corrected chi connectivity index (χ1v) is 6.09. The number of para-hydroxylation sites is 2. The zero-order valence-electron chi connectivity index (χ0n) is 10.2. The predicted molar refractivity (Wildman–Crippen MR) is 73.8 cm³/mol. The van der Waals surface area contributed by atoms with Gasteiger partial charge in [0.15, 0.2) is 0 Å². The molecule has 2 heterocycles. The summed E-state index contributed by atoms with van der Waals surface area (Å²) in [5, 5.41) is 13.1. The second-order valence-electron chi connectivity index (χ2n) is 4.28. The number of anilines is 1. The highest BCUT2D eigenvalue weighted by atomic mass is 16.3. The molecule has 5 heteroatoms. The minimum Gasteiger partial charge on any atom is -0.387 e. The fourth-order valence-corrected chi connectivity index (χ4v) is 1.93. The molecule has 0 aliphatic carbocycles. The number of H-pyrrole nitrogens is 1. The third-order valence-corrected chi connectivity index (χ3v) is 2.94. The van der Waals surface area contributed by atoms with Crippen molar-refractivity contribution in [3.8, 4) is 0 Å². The average Bonchev–Trinajstić information content (AvgIpc) is 2.88. The van der Waals surface area contributed by atoms with Crippen LogP contribution < -0.4 is 5.32 Å². The van der Waals surface area contributed by atoms with Gasteiger partial charge in [0.1, 0.15) is 0 Å². The number of hydrogen-bond acceptors (Lipinski definition) is 4. The van der Waals surface area contributed by atoms with Crippen molar-refractivity contribution in [2.45, 2.75) is 6.10 Å². The van der Waals surface area contributed by atoms with Crippen LogP contribution in [-0.4, -0.2) is 26.6 Å². The van der Waals surface area contributed by atoms with Gasteiger partial charge in [0.05, 0.1) is 17.1 Å². The zero-order chi connectivity index (χ0) is 13.1. The number of aromatic amines is 1. The van der Waals surface area contributed by atoms with E-state index in [4.69, 9.17) is 0 Å². The highest BCUT2D eigenvalue weighted by molar-refractivity contribution is 5.77. The van der Waals surface area contributed by atoms with Crippen LogP contribution in [0.2, 0.25) is 0 Å². The van der Waals surface area contributed by atoms with Crippen LogP contribution in [0, 0.1) is 0 Å². The Balaban J connectivity index is 1.69. The Bertz CT molecular complexity index is 632. The molecule has 3 aromatic rings. The van der Waals surface area contributed by atoms with Crippen LogP contribution in [0.25, 0.3) is 11.0 Å². The highest BCUT2D eigenvalue weighted by Crippen LogP contribution is 2.15. The summed E-state index contributed by atoms with van der Waals surface area (Å²) in [5.74, 6) is 0.661. The minimum absolute atomic E-state index is 0.393. The third-order valence-electron chi connectivity index (χ3n) is 2.94. The average molecular weight is 254 g/mol. The first-order chi connectivity index (χ1) is 9.33. The summed E-state index contributed by atoms with van der Waals surface area (Å²) in [4.78, 5) is 11.5. The van der Waals surface area contributed by atoms with Crippen LogP contribution in [-0.2, 0) is 0 Å². The molecular formula is C14H14N4O. The van der Waals surface area contributed by atoms with E-state index in [1.54, 1.807) is 24.5 Å². The summed E-state index contributed by atoms with van der Waals surface area (Å²) >= 11 is 0. The van der Waals surface area contributed by atoms with E-state index in [0.717, 1.165) is 16.6 Å². The van der Waals surface area contributed by atoms with Crippen molar-refractivity contribution in [1.82, 2.24) is 15.0 Å². The summed E-state index contributed by atoms with van der Waals surface area (Å²) in [7, 11) is 0. The van der Waals surface area contributed by atoms with E-state index >= 15 is 0 Å². The van der Waals surface area contributed by atoms with Gasteiger partial charge in [-0.3, -0.25) is 4.98 Å². The van der Waals surface area contributed by atoms with Crippen LogP contribution in [0.1, 0.15) is 11.7 Å². The second-order valence-corrected chi connectivity index (χ2v) is 4.28. The minimum atomic E-state index is -0.587. The topological polar surface area (TPSA) is 73.8 Å². The molecule has 3 N–H and O–H groups in total. The lowest BCUT2D eigenvalue weighted by Gasteiger charge is -2.10. The van der Waals surface area contributed by atoms with Gasteiger partial charge in [-0.05, 0) is 29.8 Å². The van der Waals surface area contributed by atoms with Gasteiger partial charge in [-0.25, -0.2) is 4.98 Å². The van der Waals surface area contributed by atoms with Crippen LogP contribution in [0.5, 0.6) is 0 Å². The molecule has 0 aliphatic rings. The molecular weight excluding hydrogens is 240 g/mol. The summed E-state index contributed by atoms with van der Waals surface area (Å²) in [5.41, 5.74) is 2.71. The monoisotopic (exact) mass is 254 g/mol. The quantitative estimate of drug-likeness (QED) is 0.666. The molecule has 0 bridgehead atoms. The lowest BCUT2D eigenvalue weighted by molar-refractivity contribution is 0.191. The fraction of sp³-hybridized carbons (Fsp3) is 0.143. The Morgan fingerprint density at radius 1 is 1.16 bits per heavy atom. The number of benzene rings is 1. The van der Waals surface area contributed by atoms with Crippen molar-refractivity contribution < 1.29 is 5.11 Å². The third kappa shape index (κ3) is 2.56. The van der Waals surface area contributed by atoms with Gasteiger partial charge in [-0.15, -0.1) is 0 Å². The number of aliphatic hydroxyl groups is 1. The Kier molecular flexibility index (Phi) is 3.12. The second kappa shape index (κ2) is 5.07. The van der Waals surface area contributed by atoms with E-state index in [2.05, 4.69) is 20.3 Å². The number of pyridine rings is 1. The maximum absolute atomic E-state index is 10.0. The molecule has 0 saturated heterocycles. The van der Waals surface area contributed by atoms with E-state index in [1.165, 1.54) is 0 Å².